The van der Waals surface area contributed by atoms with Gasteiger partial charge in [0.2, 0.25) is 0 Å². The van der Waals surface area contributed by atoms with Crippen molar-refractivity contribution in [3.63, 3.8) is 0 Å². The van der Waals surface area contributed by atoms with Gasteiger partial charge in [-0.3, -0.25) is 28.0 Å². The molecule has 0 bridgehead atoms. The van der Waals surface area contributed by atoms with E-state index in [0.717, 1.165) is 87.8 Å². The molecule has 1 aromatic heterocycles. The zero-order valence-corrected chi connectivity index (χ0v) is 42.1. The SMILES string of the molecule is CCCCC/C=C\C/C=C\C/C=C\CCCCC(=O)O[C@H](COC(=O)CCCCCCC/C=C\C=C\C(=O)CCCCC)COP(=O)(O)OP(=O)(O)OC[C@H]1O[C@@H](n2ccc(N)nc2=O)[C@H](O)[C@@H]1O. The molecule has 390 valence electrons. The van der Waals surface area contributed by atoms with Crippen molar-refractivity contribution in [2.24, 2.45) is 0 Å². The number of carbonyl (C=O) groups is 3. The lowest BCUT2D eigenvalue weighted by atomic mass is 10.1. The molecular formula is C48H77N3O16P2. The molecule has 2 rings (SSSR count). The molecule has 2 heterocycles. The van der Waals surface area contributed by atoms with Crippen LogP contribution in [0.1, 0.15) is 155 Å². The summed E-state index contributed by atoms with van der Waals surface area (Å²) in [6.07, 6.45) is 30.1. The summed E-state index contributed by atoms with van der Waals surface area (Å²) in [6.45, 7) is 1.88. The smallest absolute Gasteiger partial charge is 0.462 e. The van der Waals surface area contributed by atoms with Crippen LogP contribution < -0.4 is 11.4 Å². The van der Waals surface area contributed by atoms with Gasteiger partial charge in [-0.1, -0.05) is 113 Å². The fraction of sp³-hybridized carbons (Fsp3) is 0.646. The minimum atomic E-state index is -5.45. The van der Waals surface area contributed by atoms with E-state index in [4.69, 9.17) is 29.0 Å². The number of aliphatic hydroxyl groups excluding tert-OH is 2. The highest BCUT2D eigenvalue weighted by molar-refractivity contribution is 7.61. The number of carbonyl (C=O) groups excluding carboxylic acids is 3. The lowest BCUT2D eigenvalue weighted by Gasteiger charge is -2.21. The first kappa shape index (κ1) is 61.3. The van der Waals surface area contributed by atoms with Crippen molar-refractivity contribution < 1.29 is 71.1 Å². The Balaban J connectivity index is 1.85. The number of rotatable bonds is 39. The third-order valence-electron chi connectivity index (χ3n) is 10.6. The molecule has 0 saturated carbocycles. The predicted molar refractivity (Wildman–Crippen MR) is 261 cm³/mol. The van der Waals surface area contributed by atoms with E-state index in [0.29, 0.717) is 25.7 Å². The minimum absolute atomic E-state index is 0.0187. The normalized spacial score (nSPS) is 19.8. The van der Waals surface area contributed by atoms with Crippen molar-refractivity contribution >= 4 is 39.2 Å². The highest BCUT2D eigenvalue weighted by Crippen LogP contribution is 2.60. The highest BCUT2D eigenvalue weighted by atomic mass is 31.3. The summed E-state index contributed by atoms with van der Waals surface area (Å²) in [7, 11) is -10.9. The van der Waals surface area contributed by atoms with Crippen LogP contribution in [0.2, 0.25) is 0 Å². The molecule has 1 aliphatic heterocycles. The number of hydrogen-bond acceptors (Lipinski definition) is 16. The van der Waals surface area contributed by atoms with Gasteiger partial charge < -0.3 is 39.9 Å². The third kappa shape index (κ3) is 29.2. The van der Waals surface area contributed by atoms with Crippen molar-refractivity contribution in [3.05, 3.63) is 83.5 Å². The number of aliphatic hydroxyl groups is 2. The zero-order valence-electron chi connectivity index (χ0n) is 40.3. The Morgan fingerprint density at radius 1 is 0.739 bits per heavy atom. The zero-order chi connectivity index (χ0) is 50.8. The fourth-order valence-electron chi connectivity index (χ4n) is 6.71. The van der Waals surface area contributed by atoms with Crippen LogP contribution in [-0.4, -0.2) is 91.5 Å². The van der Waals surface area contributed by atoms with E-state index in [1.165, 1.54) is 25.3 Å². The van der Waals surface area contributed by atoms with Gasteiger partial charge in [-0.2, -0.15) is 9.29 Å². The summed E-state index contributed by atoms with van der Waals surface area (Å²) in [5.74, 6) is -1.28. The number of ether oxygens (including phenoxy) is 3. The second-order valence-electron chi connectivity index (χ2n) is 16.6. The molecule has 6 N–H and O–H groups in total. The molecule has 1 aromatic rings. The van der Waals surface area contributed by atoms with Gasteiger partial charge in [0.15, 0.2) is 18.1 Å². The van der Waals surface area contributed by atoms with Crippen LogP contribution in [0.15, 0.2) is 77.8 Å². The lowest BCUT2D eigenvalue weighted by Crippen LogP contribution is -2.36. The fourth-order valence-corrected chi connectivity index (χ4v) is 8.82. The van der Waals surface area contributed by atoms with Crippen LogP contribution in [0.3, 0.4) is 0 Å². The maximum absolute atomic E-state index is 12.8. The molecule has 1 aliphatic rings. The van der Waals surface area contributed by atoms with Crippen LogP contribution in [0.4, 0.5) is 5.82 Å². The predicted octanol–water partition coefficient (Wildman–Crippen LogP) is 8.73. The second kappa shape index (κ2) is 36.1. The molecule has 0 radical (unpaired) electrons. The molecule has 0 spiro atoms. The van der Waals surface area contributed by atoms with E-state index in [9.17, 15) is 48.3 Å². The Kier molecular flexibility index (Phi) is 32.1. The molecule has 0 aromatic carbocycles. The van der Waals surface area contributed by atoms with Crippen LogP contribution in [0.5, 0.6) is 0 Å². The second-order valence-corrected chi connectivity index (χ2v) is 19.7. The average Bonchev–Trinajstić information content (AvgIpc) is 3.58. The summed E-state index contributed by atoms with van der Waals surface area (Å²) in [4.78, 5) is 73.6. The number of anilines is 1. The number of hydrogen-bond donors (Lipinski definition) is 5. The summed E-state index contributed by atoms with van der Waals surface area (Å²) in [6, 6.07) is 1.24. The van der Waals surface area contributed by atoms with Gasteiger partial charge >= 0.3 is 33.3 Å². The van der Waals surface area contributed by atoms with Gasteiger partial charge in [0, 0.05) is 25.5 Å². The number of nitrogen functional groups attached to an aromatic ring is 1. The average molecular weight is 1010 g/mol. The summed E-state index contributed by atoms with van der Waals surface area (Å²) in [5, 5.41) is 20.9. The summed E-state index contributed by atoms with van der Waals surface area (Å²) < 4.78 is 56.6. The first-order valence-electron chi connectivity index (χ1n) is 24.3. The van der Waals surface area contributed by atoms with E-state index in [-0.39, 0.29) is 24.4 Å². The maximum atomic E-state index is 12.8. The van der Waals surface area contributed by atoms with Gasteiger partial charge in [0.05, 0.1) is 13.2 Å². The highest BCUT2D eigenvalue weighted by Gasteiger charge is 2.46. The number of nitrogens with zero attached hydrogens (tertiary/aromatic N) is 2. The van der Waals surface area contributed by atoms with E-state index in [1.807, 2.05) is 24.3 Å². The monoisotopic (exact) mass is 1010 g/mol. The third-order valence-corrected chi connectivity index (χ3v) is 13.2. The van der Waals surface area contributed by atoms with E-state index < -0.39 is 83.7 Å². The molecule has 1 fully saturated rings. The van der Waals surface area contributed by atoms with Crippen molar-refractivity contribution in [2.45, 2.75) is 179 Å². The Hall–Kier alpha value is -3.87. The van der Waals surface area contributed by atoms with Crippen LogP contribution in [-0.2, 0) is 51.1 Å². The lowest BCUT2D eigenvalue weighted by molar-refractivity contribution is -0.161. The van der Waals surface area contributed by atoms with Crippen LogP contribution in [0, 0.1) is 0 Å². The van der Waals surface area contributed by atoms with Gasteiger partial charge in [0.25, 0.3) is 0 Å². The molecule has 0 amide bonds. The molecule has 21 heteroatoms. The van der Waals surface area contributed by atoms with E-state index in [2.05, 4.69) is 47.4 Å². The molecule has 0 aliphatic carbocycles. The minimum Gasteiger partial charge on any atom is -0.462 e. The summed E-state index contributed by atoms with van der Waals surface area (Å²) >= 11 is 0. The standard InChI is InChI=1S/C48H77N3O16P2/c1-3-5-7-8-9-10-11-12-13-14-15-18-22-25-29-33-44(54)65-40(36-62-43(53)32-28-24-21-19-16-17-20-23-27-31-39(52)30-26-6-4-2)37-63-68(58,59)67-69(60,61)64-38-41-45(55)46(56)47(66-41)51-35-34-42(49)50-48(51)57/h9-10,12-13,15,18,20,23,27,31,34-35,40-41,45-47,55-56H,3-8,11,14,16-17,19,21-22,24-26,28-30,32-33,36-38H2,1-2H3,(H,58,59)(H,60,61)(H2,49,50,57)/b10-9-,13-12-,18-15-,23-20-,31-27+/t40-,41-,45-,46-,47-/m1/s1. The number of nitrogens with two attached hydrogens (primary N) is 1. The largest absolute Gasteiger partial charge is 0.481 e. The number of ketones is 1. The molecule has 69 heavy (non-hydrogen) atoms. The number of phosphoric ester groups is 2. The Bertz CT molecular complexity index is 1950. The Labute approximate surface area is 407 Å². The summed E-state index contributed by atoms with van der Waals surface area (Å²) in [5.41, 5.74) is 4.57. The van der Waals surface area contributed by atoms with Gasteiger partial charge in [0.1, 0.15) is 30.7 Å². The topological polar surface area (TPSA) is 283 Å². The van der Waals surface area contributed by atoms with Crippen molar-refractivity contribution in [3.8, 4) is 0 Å². The van der Waals surface area contributed by atoms with Gasteiger partial charge in [-0.25, -0.2) is 13.9 Å². The number of allylic oxidation sites excluding steroid dienone is 10. The first-order chi connectivity index (χ1) is 33.1. The molecular weight excluding hydrogens is 936 g/mol. The number of esters is 2. The Morgan fingerprint density at radius 3 is 2.00 bits per heavy atom. The maximum Gasteiger partial charge on any atom is 0.481 e. The number of phosphoric acid groups is 2. The molecule has 19 nitrogen and oxygen atoms in total. The number of unbranched alkanes of at least 4 members (excludes halogenated alkanes) is 12. The first-order valence-corrected chi connectivity index (χ1v) is 27.2. The van der Waals surface area contributed by atoms with E-state index >= 15 is 0 Å². The molecule has 2 unspecified atom stereocenters. The van der Waals surface area contributed by atoms with Gasteiger partial charge in [-0.05, 0) is 82.8 Å². The van der Waals surface area contributed by atoms with Gasteiger partial charge in [-0.15, -0.1) is 0 Å². The van der Waals surface area contributed by atoms with Crippen molar-refractivity contribution in [1.82, 2.24) is 9.55 Å². The van der Waals surface area contributed by atoms with Crippen LogP contribution >= 0.6 is 15.6 Å². The van der Waals surface area contributed by atoms with Crippen molar-refractivity contribution in [1.29, 1.82) is 0 Å². The Morgan fingerprint density at radius 2 is 1.30 bits per heavy atom. The quantitative estimate of drug-likeness (QED) is 0.0103. The number of aromatic nitrogens is 2. The van der Waals surface area contributed by atoms with Crippen molar-refractivity contribution in [2.75, 3.05) is 25.6 Å². The molecule has 1 saturated heterocycles. The molecule has 7 atom stereocenters. The van der Waals surface area contributed by atoms with Crippen LogP contribution in [0.25, 0.3) is 0 Å². The van der Waals surface area contributed by atoms with E-state index in [1.54, 1.807) is 12.2 Å².